The van der Waals surface area contributed by atoms with E-state index in [1.807, 2.05) is 6.07 Å². The van der Waals surface area contributed by atoms with E-state index in [2.05, 4.69) is 47.6 Å². The number of hydrogen-bond donors (Lipinski definition) is 1. The van der Waals surface area contributed by atoms with Crippen molar-refractivity contribution in [3.05, 3.63) is 28.8 Å². The van der Waals surface area contributed by atoms with E-state index < -0.39 is 5.79 Å². The standard InChI is InChI=1S/C17H24O3/c1-15(2,3)10-8-11-13(12(9-10)16(4,5)6)20-17(7,19)14(11)18/h8-9,19H,1-7H3. The average Bonchev–Trinajstić information content (AvgIpc) is 2.46. The molecule has 1 aromatic carbocycles. The predicted octanol–water partition coefficient (Wildman–Crippen LogP) is 3.57. The molecule has 3 heteroatoms. The van der Waals surface area contributed by atoms with E-state index in [-0.39, 0.29) is 16.6 Å². The van der Waals surface area contributed by atoms with Crippen LogP contribution in [0.2, 0.25) is 0 Å². The Morgan fingerprint density at radius 2 is 1.60 bits per heavy atom. The van der Waals surface area contributed by atoms with Crippen molar-refractivity contribution in [2.75, 3.05) is 0 Å². The first-order valence-electron chi connectivity index (χ1n) is 6.99. The number of carbonyl (C=O) groups is 1. The zero-order valence-electron chi connectivity index (χ0n) is 13.4. The summed E-state index contributed by atoms with van der Waals surface area (Å²) in [4.78, 5) is 12.3. The minimum Gasteiger partial charge on any atom is -0.454 e. The van der Waals surface area contributed by atoms with Gasteiger partial charge in [0.15, 0.2) is 0 Å². The molecule has 1 atom stereocenters. The van der Waals surface area contributed by atoms with Crippen LogP contribution < -0.4 is 4.74 Å². The molecule has 0 saturated carbocycles. The van der Waals surface area contributed by atoms with Crippen LogP contribution in [-0.2, 0) is 10.8 Å². The lowest BCUT2D eigenvalue weighted by Crippen LogP contribution is -2.35. The van der Waals surface area contributed by atoms with Gasteiger partial charge in [-0.1, -0.05) is 47.6 Å². The number of hydrogen-bond acceptors (Lipinski definition) is 3. The van der Waals surface area contributed by atoms with Crippen molar-refractivity contribution >= 4 is 5.78 Å². The SMILES string of the molecule is CC1(O)Oc2c(cc(C(C)(C)C)cc2C(C)(C)C)C1=O. The third-order valence-electron chi connectivity index (χ3n) is 3.73. The Hall–Kier alpha value is -1.35. The van der Waals surface area contributed by atoms with Gasteiger partial charge in [-0.05, 0) is 22.5 Å². The molecule has 1 N–H and O–H groups in total. The van der Waals surface area contributed by atoms with Crippen LogP contribution in [0, 0.1) is 0 Å². The van der Waals surface area contributed by atoms with Gasteiger partial charge < -0.3 is 9.84 Å². The van der Waals surface area contributed by atoms with E-state index in [4.69, 9.17) is 4.74 Å². The summed E-state index contributed by atoms with van der Waals surface area (Å²) in [6, 6.07) is 3.95. The Labute approximate surface area is 121 Å². The number of carbonyl (C=O) groups excluding carboxylic acids is 1. The molecule has 1 aliphatic rings. The molecule has 0 spiro atoms. The van der Waals surface area contributed by atoms with Crippen LogP contribution in [0.4, 0.5) is 0 Å². The zero-order valence-corrected chi connectivity index (χ0v) is 13.4. The third kappa shape index (κ3) is 2.35. The number of ketones is 1. The van der Waals surface area contributed by atoms with Crippen LogP contribution in [0.25, 0.3) is 0 Å². The van der Waals surface area contributed by atoms with Crippen LogP contribution in [0.3, 0.4) is 0 Å². The van der Waals surface area contributed by atoms with E-state index in [1.54, 1.807) is 0 Å². The Morgan fingerprint density at radius 3 is 2.05 bits per heavy atom. The molecule has 1 heterocycles. The fourth-order valence-electron chi connectivity index (χ4n) is 2.39. The maximum absolute atomic E-state index is 12.3. The molecule has 20 heavy (non-hydrogen) atoms. The number of Topliss-reactive ketones (excluding diaryl/α,β-unsaturated/α-hetero) is 1. The summed E-state index contributed by atoms with van der Waals surface area (Å²) in [5.41, 5.74) is 2.31. The van der Waals surface area contributed by atoms with Gasteiger partial charge in [-0.3, -0.25) is 4.79 Å². The van der Waals surface area contributed by atoms with Crippen molar-refractivity contribution in [1.82, 2.24) is 0 Å². The van der Waals surface area contributed by atoms with Crippen LogP contribution in [-0.4, -0.2) is 16.7 Å². The van der Waals surface area contributed by atoms with Crippen molar-refractivity contribution in [3.63, 3.8) is 0 Å². The molecule has 1 aliphatic heterocycles. The van der Waals surface area contributed by atoms with E-state index in [1.165, 1.54) is 6.92 Å². The van der Waals surface area contributed by atoms with Gasteiger partial charge in [-0.2, -0.15) is 0 Å². The third-order valence-corrected chi connectivity index (χ3v) is 3.73. The quantitative estimate of drug-likeness (QED) is 0.788. The molecular formula is C17H24O3. The summed E-state index contributed by atoms with van der Waals surface area (Å²) in [5, 5.41) is 10.1. The molecule has 0 fully saturated rings. The molecule has 0 aromatic heterocycles. The van der Waals surface area contributed by atoms with Gasteiger partial charge >= 0.3 is 0 Å². The first kappa shape index (κ1) is 15.0. The number of ether oxygens (including phenoxy) is 1. The van der Waals surface area contributed by atoms with E-state index in [0.29, 0.717) is 11.3 Å². The van der Waals surface area contributed by atoms with Gasteiger partial charge in [0.05, 0.1) is 5.56 Å². The molecule has 110 valence electrons. The maximum Gasteiger partial charge on any atom is 0.270 e. The normalized spacial score (nSPS) is 22.7. The highest BCUT2D eigenvalue weighted by atomic mass is 16.6. The lowest BCUT2D eigenvalue weighted by atomic mass is 9.78. The molecule has 0 amide bonds. The monoisotopic (exact) mass is 276 g/mol. The fourth-order valence-corrected chi connectivity index (χ4v) is 2.39. The zero-order chi connectivity index (χ0) is 15.5. The maximum atomic E-state index is 12.3. The first-order valence-corrected chi connectivity index (χ1v) is 6.99. The Balaban J connectivity index is 2.75. The minimum absolute atomic E-state index is 0.0657. The number of benzene rings is 1. The number of fused-ring (bicyclic) bond motifs is 1. The molecule has 1 unspecified atom stereocenters. The van der Waals surface area contributed by atoms with Crippen molar-refractivity contribution < 1.29 is 14.6 Å². The first-order chi connectivity index (χ1) is 8.84. The van der Waals surface area contributed by atoms with Crippen molar-refractivity contribution in [2.24, 2.45) is 0 Å². The van der Waals surface area contributed by atoms with Gasteiger partial charge in [0, 0.05) is 12.5 Å². The molecule has 0 radical (unpaired) electrons. The highest BCUT2D eigenvalue weighted by Gasteiger charge is 2.45. The molecular weight excluding hydrogens is 252 g/mol. The second-order valence-electron chi connectivity index (χ2n) is 7.81. The van der Waals surface area contributed by atoms with Crippen LogP contribution in [0.1, 0.15) is 70.0 Å². The average molecular weight is 276 g/mol. The van der Waals surface area contributed by atoms with Gasteiger partial charge in [0.25, 0.3) is 5.79 Å². The highest BCUT2D eigenvalue weighted by Crippen LogP contribution is 2.44. The molecule has 2 rings (SSSR count). The number of aliphatic hydroxyl groups is 1. The summed E-state index contributed by atoms with van der Waals surface area (Å²) in [6.07, 6.45) is 0. The van der Waals surface area contributed by atoms with Gasteiger partial charge in [-0.25, -0.2) is 0 Å². The molecule has 3 nitrogen and oxygen atoms in total. The van der Waals surface area contributed by atoms with Gasteiger partial charge in [0.2, 0.25) is 5.78 Å². The Bertz CT molecular complexity index is 569. The Morgan fingerprint density at radius 1 is 1.05 bits per heavy atom. The number of rotatable bonds is 0. The van der Waals surface area contributed by atoms with Crippen molar-refractivity contribution in [2.45, 2.75) is 65.1 Å². The summed E-state index contributed by atoms with van der Waals surface area (Å²) < 4.78 is 5.54. The second kappa shape index (κ2) is 4.08. The summed E-state index contributed by atoms with van der Waals surface area (Å²) in [7, 11) is 0. The second-order valence-corrected chi connectivity index (χ2v) is 7.81. The van der Waals surface area contributed by atoms with Crippen molar-refractivity contribution in [3.8, 4) is 5.75 Å². The topological polar surface area (TPSA) is 46.5 Å². The van der Waals surface area contributed by atoms with E-state index in [0.717, 1.165) is 11.1 Å². The molecule has 1 aromatic rings. The molecule has 0 bridgehead atoms. The van der Waals surface area contributed by atoms with E-state index in [9.17, 15) is 9.90 Å². The molecule has 0 saturated heterocycles. The van der Waals surface area contributed by atoms with Crippen molar-refractivity contribution in [1.29, 1.82) is 0 Å². The lowest BCUT2D eigenvalue weighted by molar-refractivity contribution is -0.0755. The van der Waals surface area contributed by atoms with Gasteiger partial charge in [-0.15, -0.1) is 0 Å². The smallest absolute Gasteiger partial charge is 0.270 e. The lowest BCUT2D eigenvalue weighted by Gasteiger charge is -2.27. The Kier molecular flexibility index (Phi) is 3.07. The van der Waals surface area contributed by atoms with Crippen LogP contribution >= 0.6 is 0 Å². The van der Waals surface area contributed by atoms with Crippen LogP contribution in [0.5, 0.6) is 5.75 Å². The fraction of sp³-hybridized carbons (Fsp3) is 0.588. The summed E-state index contributed by atoms with van der Waals surface area (Å²) in [5.74, 6) is -1.58. The highest BCUT2D eigenvalue weighted by molar-refractivity contribution is 6.06. The van der Waals surface area contributed by atoms with Gasteiger partial charge in [0.1, 0.15) is 5.75 Å². The largest absolute Gasteiger partial charge is 0.454 e. The predicted molar refractivity (Wildman–Crippen MR) is 79.4 cm³/mol. The summed E-state index contributed by atoms with van der Waals surface area (Å²) >= 11 is 0. The minimum atomic E-state index is -1.75. The van der Waals surface area contributed by atoms with Crippen LogP contribution in [0.15, 0.2) is 12.1 Å². The molecule has 0 aliphatic carbocycles. The summed E-state index contributed by atoms with van der Waals surface area (Å²) in [6.45, 7) is 14.0. The van der Waals surface area contributed by atoms with E-state index >= 15 is 0 Å².